The average molecular weight is 382 g/mol. The second-order valence-electron chi connectivity index (χ2n) is 7.24. The van der Waals surface area contributed by atoms with Gasteiger partial charge in [0.15, 0.2) is 0 Å². The normalized spacial score (nSPS) is 12.6. The van der Waals surface area contributed by atoms with E-state index in [4.69, 9.17) is 11.6 Å². The molecular weight excluding hydrogens is 363 g/mol. The lowest BCUT2D eigenvalue weighted by molar-refractivity contribution is -0.137. The lowest BCUT2D eigenvalue weighted by Crippen LogP contribution is -2.11. The summed E-state index contributed by atoms with van der Waals surface area (Å²) < 4.78 is 38.6. The number of H-pyrrole nitrogens is 1. The molecule has 0 aliphatic heterocycles. The Bertz CT molecular complexity index is 922. The smallest absolute Gasteiger partial charge is 0.352 e. The van der Waals surface area contributed by atoms with Gasteiger partial charge < -0.3 is 10.3 Å². The molecule has 0 spiro atoms. The van der Waals surface area contributed by atoms with Gasteiger partial charge in [0.2, 0.25) is 5.95 Å². The van der Waals surface area contributed by atoms with Crippen LogP contribution >= 0.6 is 11.6 Å². The highest BCUT2D eigenvalue weighted by Gasteiger charge is 2.31. The minimum absolute atomic E-state index is 0.0337. The van der Waals surface area contributed by atoms with Gasteiger partial charge in [0.25, 0.3) is 0 Å². The molecule has 3 nitrogen and oxygen atoms in total. The minimum Gasteiger partial charge on any atom is -0.352 e. The number of alkyl halides is 3. The maximum absolute atomic E-state index is 12.9. The number of imidazole rings is 1. The molecule has 0 amide bonds. The van der Waals surface area contributed by atoms with Crippen LogP contribution in [0.1, 0.15) is 37.5 Å². The highest BCUT2D eigenvalue weighted by molar-refractivity contribution is 6.35. The predicted octanol–water partition coefficient (Wildman–Crippen LogP) is 6.14. The SMILES string of the molecule is CC(C)(C)c1ccc(CNc2nc3c(Cl)cc(C(F)(F)F)cc3[nH]2)cc1. The van der Waals surface area contributed by atoms with Gasteiger partial charge in [-0.25, -0.2) is 4.98 Å². The summed E-state index contributed by atoms with van der Waals surface area (Å²) >= 11 is 5.95. The molecule has 0 radical (unpaired) electrons. The molecule has 2 N–H and O–H groups in total. The molecule has 0 atom stereocenters. The Balaban J connectivity index is 1.78. The van der Waals surface area contributed by atoms with Crippen LogP contribution in [0.15, 0.2) is 36.4 Å². The van der Waals surface area contributed by atoms with E-state index < -0.39 is 11.7 Å². The average Bonchev–Trinajstić information content (AvgIpc) is 2.95. The number of nitrogens with one attached hydrogen (secondary N) is 2. The van der Waals surface area contributed by atoms with E-state index in [1.54, 1.807) is 0 Å². The van der Waals surface area contributed by atoms with Crippen molar-refractivity contribution in [1.29, 1.82) is 0 Å². The van der Waals surface area contributed by atoms with Crippen molar-refractivity contribution in [2.24, 2.45) is 0 Å². The third-order valence-corrected chi connectivity index (χ3v) is 4.44. The molecule has 0 unspecified atom stereocenters. The van der Waals surface area contributed by atoms with Gasteiger partial charge in [-0.1, -0.05) is 56.6 Å². The highest BCUT2D eigenvalue weighted by Crippen LogP contribution is 2.34. The summed E-state index contributed by atoms with van der Waals surface area (Å²) in [6, 6.07) is 10.1. The van der Waals surface area contributed by atoms with Crippen molar-refractivity contribution >= 4 is 28.6 Å². The molecule has 3 aromatic rings. The molecule has 1 heterocycles. The Morgan fingerprint density at radius 1 is 1.04 bits per heavy atom. The van der Waals surface area contributed by atoms with Crippen molar-refractivity contribution in [2.75, 3.05) is 5.32 Å². The zero-order valence-corrected chi connectivity index (χ0v) is 15.4. The van der Waals surface area contributed by atoms with Crippen LogP contribution in [-0.4, -0.2) is 9.97 Å². The number of nitrogens with zero attached hydrogens (tertiary/aromatic N) is 1. The van der Waals surface area contributed by atoms with Gasteiger partial charge >= 0.3 is 6.18 Å². The van der Waals surface area contributed by atoms with E-state index in [1.807, 2.05) is 12.1 Å². The lowest BCUT2D eigenvalue weighted by atomic mass is 9.87. The third kappa shape index (κ3) is 3.96. The van der Waals surface area contributed by atoms with Crippen LogP contribution in [0.4, 0.5) is 19.1 Å². The minimum atomic E-state index is -4.45. The van der Waals surface area contributed by atoms with Gasteiger partial charge in [0.05, 0.1) is 16.1 Å². The van der Waals surface area contributed by atoms with Gasteiger partial charge in [-0.3, -0.25) is 0 Å². The fourth-order valence-corrected chi connectivity index (χ4v) is 2.89. The van der Waals surface area contributed by atoms with E-state index in [1.165, 1.54) is 5.56 Å². The summed E-state index contributed by atoms with van der Waals surface area (Å²) in [6.45, 7) is 6.93. The molecule has 1 aromatic heterocycles. The zero-order chi connectivity index (χ0) is 19.1. The maximum atomic E-state index is 12.9. The number of halogens is 4. The summed E-state index contributed by atoms with van der Waals surface area (Å²) in [7, 11) is 0. The number of hydrogen-bond acceptors (Lipinski definition) is 2. The molecule has 138 valence electrons. The topological polar surface area (TPSA) is 40.7 Å². The number of hydrogen-bond donors (Lipinski definition) is 2. The number of aromatic nitrogens is 2. The van der Waals surface area contributed by atoms with E-state index in [2.05, 4.69) is 48.2 Å². The van der Waals surface area contributed by atoms with E-state index in [0.717, 1.165) is 17.7 Å². The van der Waals surface area contributed by atoms with Crippen LogP contribution in [0, 0.1) is 0 Å². The fourth-order valence-electron chi connectivity index (χ4n) is 2.63. The van der Waals surface area contributed by atoms with Gasteiger partial charge in [0.1, 0.15) is 5.52 Å². The van der Waals surface area contributed by atoms with E-state index in [-0.39, 0.29) is 16.0 Å². The summed E-state index contributed by atoms with van der Waals surface area (Å²) in [4.78, 5) is 7.09. The third-order valence-electron chi connectivity index (χ3n) is 4.15. The number of aromatic amines is 1. The number of benzene rings is 2. The van der Waals surface area contributed by atoms with Crippen LogP contribution in [0.2, 0.25) is 5.02 Å². The molecule has 0 saturated carbocycles. The number of fused-ring (bicyclic) bond motifs is 1. The first-order valence-electron chi connectivity index (χ1n) is 8.14. The van der Waals surface area contributed by atoms with Gasteiger partial charge in [-0.2, -0.15) is 13.2 Å². The number of anilines is 1. The molecule has 7 heteroatoms. The largest absolute Gasteiger partial charge is 0.416 e. The Hall–Kier alpha value is -2.21. The van der Waals surface area contributed by atoms with Crippen molar-refractivity contribution in [3.8, 4) is 0 Å². The molecule has 0 fully saturated rings. The summed E-state index contributed by atoms with van der Waals surface area (Å²) in [5.41, 5.74) is 2.11. The van der Waals surface area contributed by atoms with Crippen molar-refractivity contribution in [3.05, 3.63) is 58.1 Å². The first kappa shape index (κ1) is 18.6. The Morgan fingerprint density at radius 3 is 2.27 bits per heavy atom. The van der Waals surface area contributed by atoms with Gasteiger partial charge in [-0.05, 0) is 28.7 Å². The van der Waals surface area contributed by atoms with Gasteiger partial charge in [-0.15, -0.1) is 0 Å². The lowest BCUT2D eigenvalue weighted by Gasteiger charge is -2.19. The molecule has 0 aliphatic carbocycles. The standard InChI is InChI=1S/C19H19ClF3N3/c1-18(2,3)12-6-4-11(5-7-12)10-24-17-25-15-9-13(19(21,22)23)8-14(20)16(15)26-17/h4-9H,10H2,1-3H3,(H2,24,25,26). The van der Waals surface area contributed by atoms with Crippen molar-refractivity contribution in [1.82, 2.24) is 9.97 Å². The quantitative estimate of drug-likeness (QED) is 0.571. The van der Waals surface area contributed by atoms with Crippen LogP contribution in [0.3, 0.4) is 0 Å². The van der Waals surface area contributed by atoms with E-state index in [0.29, 0.717) is 18.0 Å². The van der Waals surface area contributed by atoms with Gasteiger partial charge in [0, 0.05) is 6.54 Å². The molecule has 26 heavy (non-hydrogen) atoms. The summed E-state index contributed by atoms with van der Waals surface area (Å²) in [5.74, 6) is 0.376. The second-order valence-corrected chi connectivity index (χ2v) is 7.65. The Kier molecular flexibility index (Phi) is 4.65. The molecular formula is C19H19ClF3N3. The molecule has 3 rings (SSSR count). The molecule has 0 bridgehead atoms. The van der Waals surface area contributed by atoms with Crippen LogP contribution in [0.25, 0.3) is 11.0 Å². The van der Waals surface area contributed by atoms with Crippen LogP contribution in [0.5, 0.6) is 0 Å². The fraction of sp³-hybridized carbons (Fsp3) is 0.316. The molecule has 2 aromatic carbocycles. The molecule has 0 aliphatic rings. The zero-order valence-electron chi connectivity index (χ0n) is 14.6. The van der Waals surface area contributed by atoms with E-state index >= 15 is 0 Å². The first-order chi connectivity index (χ1) is 12.0. The molecule has 0 saturated heterocycles. The summed E-state index contributed by atoms with van der Waals surface area (Å²) in [6.07, 6.45) is -4.45. The van der Waals surface area contributed by atoms with Crippen LogP contribution in [-0.2, 0) is 18.1 Å². The van der Waals surface area contributed by atoms with E-state index in [9.17, 15) is 13.2 Å². The van der Waals surface area contributed by atoms with Crippen molar-refractivity contribution in [2.45, 2.75) is 38.9 Å². The second kappa shape index (κ2) is 6.50. The number of rotatable bonds is 3. The van der Waals surface area contributed by atoms with Crippen LogP contribution < -0.4 is 5.32 Å². The Labute approximate surface area is 154 Å². The first-order valence-corrected chi connectivity index (χ1v) is 8.51. The highest BCUT2D eigenvalue weighted by atomic mass is 35.5. The predicted molar refractivity (Wildman–Crippen MR) is 98.6 cm³/mol. The summed E-state index contributed by atoms with van der Waals surface area (Å²) in [5, 5.41) is 3.05. The van der Waals surface area contributed by atoms with Crippen molar-refractivity contribution < 1.29 is 13.2 Å². The monoisotopic (exact) mass is 381 g/mol. The Morgan fingerprint density at radius 2 is 1.69 bits per heavy atom. The van der Waals surface area contributed by atoms with Crippen molar-refractivity contribution in [3.63, 3.8) is 0 Å². The maximum Gasteiger partial charge on any atom is 0.416 e.